The van der Waals surface area contributed by atoms with E-state index in [-0.39, 0.29) is 11.5 Å². The van der Waals surface area contributed by atoms with E-state index < -0.39 is 83.0 Å². The van der Waals surface area contributed by atoms with Crippen LogP contribution < -0.4 is 0 Å². The average Bonchev–Trinajstić information content (AvgIpc) is 2.77. The molecule has 6 saturated carbocycles. The molecule has 6 fully saturated rings. The highest BCUT2D eigenvalue weighted by atomic mass is 19.3. The number of halogens is 8. The van der Waals surface area contributed by atoms with Crippen LogP contribution in [0.25, 0.3) is 0 Å². The molecule has 4 bridgehead atoms. The second-order valence-electron chi connectivity index (χ2n) is 11.2. The summed E-state index contributed by atoms with van der Waals surface area (Å²) >= 11 is 0. The Balaban J connectivity index is 1.52. The van der Waals surface area contributed by atoms with Crippen LogP contribution in [-0.2, 0) is 10.8 Å². The standard InChI is InChI=1S/C24H26F8O2/c1-18-4-7-19(8-5-18,9-6-18)20-10-12-21(13-11-20,24(31,32)23(20,29)30)34-22(27,28)14-2-3-15(33)17(26)16(14)25/h2-3,33H,4-13H2,1H3. The van der Waals surface area contributed by atoms with Crippen molar-refractivity contribution in [2.24, 2.45) is 16.2 Å². The molecule has 190 valence electrons. The quantitative estimate of drug-likeness (QED) is 0.432. The van der Waals surface area contributed by atoms with Gasteiger partial charge in [0.15, 0.2) is 11.6 Å². The van der Waals surface area contributed by atoms with E-state index in [2.05, 4.69) is 11.7 Å². The number of rotatable bonds is 4. The molecule has 0 amide bonds. The van der Waals surface area contributed by atoms with Gasteiger partial charge >= 0.3 is 18.0 Å². The lowest BCUT2D eigenvalue weighted by Gasteiger charge is -2.69. The Morgan fingerprint density at radius 2 is 1.29 bits per heavy atom. The van der Waals surface area contributed by atoms with Gasteiger partial charge in [0.25, 0.3) is 0 Å². The number of ether oxygens (including phenoxy) is 1. The van der Waals surface area contributed by atoms with Crippen LogP contribution in [-0.4, -0.2) is 22.6 Å². The summed E-state index contributed by atoms with van der Waals surface area (Å²) in [5, 5.41) is 9.17. The molecule has 0 aromatic heterocycles. The van der Waals surface area contributed by atoms with E-state index in [1.165, 1.54) is 0 Å². The van der Waals surface area contributed by atoms with Crippen molar-refractivity contribution in [2.45, 2.75) is 94.7 Å². The first-order valence-electron chi connectivity index (χ1n) is 11.6. The Bertz CT molecular complexity index is 988. The van der Waals surface area contributed by atoms with E-state index >= 15 is 17.6 Å². The van der Waals surface area contributed by atoms with Gasteiger partial charge in [-0.15, -0.1) is 0 Å². The number of phenols is 1. The number of hydrogen-bond donors (Lipinski definition) is 1. The fourth-order valence-corrected chi connectivity index (χ4v) is 7.48. The topological polar surface area (TPSA) is 29.5 Å². The van der Waals surface area contributed by atoms with Gasteiger partial charge in [0, 0.05) is 5.41 Å². The summed E-state index contributed by atoms with van der Waals surface area (Å²) in [4.78, 5) is 0. The van der Waals surface area contributed by atoms with Gasteiger partial charge in [-0.3, -0.25) is 0 Å². The Hall–Kier alpha value is -1.58. The molecule has 7 rings (SSSR count). The molecular weight excluding hydrogens is 472 g/mol. The molecular formula is C24H26F8O2. The molecule has 10 heteroatoms. The number of alkyl halides is 6. The molecule has 1 N–H and O–H groups in total. The maximum atomic E-state index is 15.8. The van der Waals surface area contributed by atoms with Crippen LogP contribution >= 0.6 is 0 Å². The summed E-state index contributed by atoms with van der Waals surface area (Å²) in [7, 11) is 0. The number of fused-ring (bicyclic) bond motifs is 6. The first kappa shape index (κ1) is 24.1. The summed E-state index contributed by atoms with van der Waals surface area (Å²) in [5.74, 6) is -15.0. The highest BCUT2D eigenvalue weighted by Crippen LogP contribution is 2.78. The lowest BCUT2D eigenvalue weighted by molar-refractivity contribution is -0.451. The third kappa shape index (κ3) is 2.72. The zero-order chi connectivity index (χ0) is 25.0. The highest BCUT2D eigenvalue weighted by molar-refractivity contribution is 5.32. The largest absolute Gasteiger partial charge is 0.505 e. The number of benzene rings is 1. The average molecular weight is 498 g/mol. The summed E-state index contributed by atoms with van der Waals surface area (Å²) < 4.78 is 125. The maximum absolute atomic E-state index is 15.8. The smallest absolute Gasteiger partial charge is 0.387 e. The zero-order valence-corrected chi connectivity index (χ0v) is 18.6. The van der Waals surface area contributed by atoms with Crippen LogP contribution in [0, 0.1) is 27.9 Å². The highest BCUT2D eigenvalue weighted by Gasteiger charge is 2.86. The number of aromatic hydroxyl groups is 1. The van der Waals surface area contributed by atoms with Gasteiger partial charge in [0.1, 0.15) is 5.60 Å². The second kappa shape index (κ2) is 6.79. The minimum absolute atomic E-state index is 0.0257. The van der Waals surface area contributed by atoms with E-state index in [9.17, 15) is 17.6 Å². The summed E-state index contributed by atoms with van der Waals surface area (Å²) in [6.45, 7) is 2.08. The fourth-order valence-electron chi connectivity index (χ4n) is 7.48. The molecule has 0 atom stereocenters. The first-order valence-corrected chi connectivity index (χ1v) is 11.6. The molecule has 2 nitrogen and oxygen atoms in total. The Morgan fingerprint density at radius 3 is 1.82 bits per heavy atom. The molecule has 0 aliphatic heterocycles. The van der Waals surface area contributed by atoms with Gasteiger partial charge in [-0.1, -0.05) is 6.92 Å². The summed E-state index contributed by atoms with van der Waals surface area (Å²) in [6.07, 6.45) is -3.93. The lowest BCUT2D eigenvalue weighted by Crippen LogP contribution is -2.77. The van der Waals surface area contributed by atoms with Gasteiger partial charge < -0.3 is 9.84 Å². The van der Waals surface area contributed by atoms with Crippen molar-refractivity contribution in [1.29, 1.82) is 0 Å². The SMILES string of the molecule is CC12CCC(C34CCC(OC(F)(F)c5ccc(O)c(F)c5F)(CC3)C(F)(F)C4(F)F)(CC1)CC2. The van der Waals surface area contributed by atoms with Gasteiger partial charge in [-0.25, -0.2) is 4.39 Å². The van der Waals surface area contributed by atoms with E-state index in [4.69, 9.17) is 5.11 Å². The van der Waals surface area contributed by atoms with Crippen LogP contribution in [0.4, 0.5) is 35.1 Å². The van der Waals surface area contributed by atoms with Crippen molar-refractivity contribution in [1.82, 2.24) is 0 Å². The van der Waals surface area contributed by atoms with Crippen molar-refractivity contribution in [2.75, 3.05) is 0 Å². The van der Waals surface area contributed by atoms with E-state index in [1.54, 1.807) is 0 Å². The van der Waals surface area contributed by atoms with Gasteiger partial charge in [-0.2, -0.15) is 30.7 Å². The Kier molecular flexibility index (Phi) is 4.82. The van der Waals surface area contributed by atoms with E-state index in [1.807, 2.05) is 0 Å². The summed E-state index contributed by atoms with van der Waals surface area (Å²) in [6, 6.07) is 0.706. The maximum Gasteiger partial charge on any atom is 0.387 e. The molecule has 6 aliphatic carbocycles. The molecule has 1 aromatic rings. The third-order valence-electron chi connectivity index (χ3n) is 9.81. The van der Waals surface area contributed by atoms with Crippen LogP contribution in [0.3, 0.4) is 0 Å². The van der Waals surface area contributed by atoms with Crippen molar-refractivity contribution < 1.29 is 45.0 Å². The van der Waals surface area contributed by atoms with E-state index in [0.29, 0.717) is 44.6 Å². The van der Waals surface area contributed by atoms with Crippen molar-refractivity contribution in [3.8, 4) is 5.75 Å². The minimum atomic E-state index is -4.95. The summed E-state index contributed by atoms with van der Waals surface area (Å²) in [5.41, 5.74) is -7.97. The Morgan fingerprint density at radius 1 is 0.765 bits per heavy atom. The predicted octanol–water partition coefficient (Wildman–Crippen LogP) is 7.68. The minimum Gasteiger partial charge on any atom is -0.505 e. The van der Waals surface area contributed by atoms with Crippen LogP contribution in [0.5, 0.6) is 5.75 Å². The Labute approximate surface area is 191 Å². The van der Waals surface area contributed by atoms with Crippen molar-refractivity contribution in [3.05, 3.63) is 29.3 Å². The molecule has 1 aromatic carbocycles. The lowest BCUT2D eigenvalue weighted by atomic mass is 9.38. The monoisotopic (exact) mass is 498 g/mol. The third-order valence-corrected chi connectivity index (χ3v) is 9.81. The molecule has 0 heterocycles. The van der Waals surface area contributed by atoms with Gasteiger partial charge in [0.2, 0.25) is 5.82 Å². The predicted molar refractivity (Wildman–Crippen MR) is 105 cm³/mol. The van der Waals surface area contributed by atoms with Gasteiger partial charge in [0.05, 0.1) is 5.56 Å². The van der Waals surface area contributed by atoms with Crippen molar-refractivity contribution in [3.63, 3.8) is 0 Å². The van der Waals surface area contributed by atoms with Crippen LogP contribution in [0.1, 0.15) is 76.7 Å². The van der Waals surface area contributed by atoms with E-state index in [0.717, 1.165) is 0 Å². The van der Waals surface area contributed by atoms with Gasteiger partial charge in [-0.05, 0) is 87.2 Å². The van der Waals surface area contributed by atoms with Crippen LogP contribution in [0.15, 0.2) is 12.1 Å². The van der Waals surface area contributed by atoms with Crippen molar-refractivity contribution >= 4 is 0 Å². The molecule has 34 heavy (non-hydrogen) atoms. The number of phenolic OH excluding ortho intramolecular Hbond substituents is 1. The molecule has 0 unspecified atom stereocenters. The molecule has 0 saturated heterocycles. The second-order valence-corrected chi connectivity index (χ2v) is 11.2. The van der Waals surface area contributed by atoms with Crippen LogP contribution in [0.2, 0.25) is 0 Å². The molecule has 6 aliphatic rings. The fraction of sp³-hybridized carbons (Fsp3) is 0.750. The normalized spacial score (nSPS) is 40.5. The zero-order valence-electron chi connectivity index (χ0n) is 18.6. The number of hydrogen-bond acceptors (Lipinski definition) is 2. The molecule has 0 spiro atoms. The molecule has 0 radical (unpaired) electrons. The first-order chi connectivity index (χ1) is 15.6.